The zero-order valence-electron chi connectivity index (χ0n) is 14.7. The molecular formula is C20H26N4O. The van der Waals surface area contributed by atoms with Gasteiger partial charge >= 0.3 is 0 Å². The van der Waals surface area contributed by atoms with Crippen LogP contribution < -0.4 is 11.1 Å². The average molecular weight is 338 g/mol. The molecule has 1 amide bonds. The van der Waals surface area contributed by atoms with E-state index in [-0.39, 0.29) is 5.91 Å². The molecule has 2 aromatic carbocycles. The summed E-state index contributed by atoms with van der Waals surface area (Å²) in [4.78, 5) is 17.2. The third kappa shape index (κ3) is 4.81. The van der Waals surface area contributed by atoms with E-state index in [0.717, 1.165) is 45.0 Å². The van der Waals surface area contributed by atoms with E-state index in [1.807, 2.05) is 12.1 Å². The lowest BCUT2D eigenvalue weighted by Gasteiger charge is -2.34. The van der Waals surface area contributed by atoms with Gasteiger partial charge in [0.2, 0.25) is 0 Å². The molecule has 25 heavy (non-hydrogen) atoms. The van der Waals surface area contributed by atoms with Crippen molar-refractivity contribution in [2.45, 2.75) is 13.5 Å². The number of anilines is 2. The summed E-state index contributed by atoms with van der Waals surface area (Å²) in [7, 11) is 0. The van der Waals surface area contributed by atoms with Crippen molar-refractivity contribution in [3.8, 4) is 0 Å². The van der Waals surface area contributed by atoms with Gasteiger partial charge in [-0.15, -0.1) is 0 Å². The zero-order chi connectivity index (χ0) is 17.6. The van der Waals surface area contributed by atoms with Crippen LogP contribution in [0, 0.1) is 0 Å². The van der Waals surface area contributed by atoms with Crippen molar-refractivity contribution < 1.29 is 4.79 Å². The Morgan fingerprint density at radius 2 is 1.72 bits per heavy atom. The molecule has 1 heterocycles. The lowest BCUT2D eigenvalue weighted by molar-refractivity contribution is 0.102. The molecule has 0 radical (unpaired) electrons. The predicted octanol–water partition coefficient (Wildman–Crippen LogP) is 2.66. The van der Waals surface area contributed by atoms with Gasteiger partial charge in [-0.25, -0.2) is 0 Å². The second-order valence-electron chi connectivity index (χ2n) is 6.49. The summed E-state index contributed by atoms with van der Waals surface area (Å²) in [5.74, 6) is -0.143. The standard InChI is InChI=1S/C20H26N4O/c1-2-23-10-12-24(13-11-23)15-16-6-8-19(9-7-16)22-20(25)17-4-3-5-18(21)14-17/h3-9,14H,2,10-13,15,21H2,1H3,(H,22,25). The van der Waals surface area contributed by atoms with E-state index in [1.165, 1.54) is 5.56 Å². The van der Waals surface area contributed by atoms with Crippen molar-refractivity contribution in [2.24, 2.45) is 0 Å². The molecule has 132 valence electrons. The normalized spacial score (nSPS) is 15.9. The van der Waals surface area contributed by atoms with E-state index in [0.29, 0.717) is 11.3 Å². The smallest absolute Gasteiger partial charge is 0.255 e. The van der Waals surface area contributed by atoms with Gasteiger partial charge in [-0.05, 0) is 42.4 Å². The number of hydrogen-bond donors (Lipinski definition) is 2. The largest absolute Gasteiger partial charge is 0.399 e. The summed E-state index contributed by atoms with van der Waals surface area (Å²) in [6.07, 6.45) is 0. The Morgan fingerprint density at radius 3 is 2.36 bits per heavy atom. The van der Waals surface area contributed by atoms with Crippen molar-refractivity contribution in [3.05, 3.63) is 59.7 Å². The second kappa shape index (κ2) is 8.14. The number of benzene rings is 2. The van der Waals surface area contributed by atoms with Crippen molar-refractivity contribution >= 4 is 17.3 Å². The Balaban J connectivity index is 1.54. The molecule has 0 spiro atoms. The van der Waals surface area contributed by atoms with Gasteiger partial charge in [-0.1, -0.05) is 25.1 Å². The van der Waals surface area contributed by atoms with Gasteiger partial charge in [-0.3, -0.25) is 9.69 Å². The van der Waals surface area contributed by atoms with Crippen LogP contribution in [0.1, 0.15) is 22.8 Å². The zero-order valence-corrected chi connectivity index (χ0v) is 14.7. The number of carbonyl (C=O) groups excluding carboxylic acids is 1. The Kier molecular flexibility index (Phi) is 5.68. The monoisotopic (exact) mass is 338 g/mol. The summed E-state index contributed by atoms with van der Waals surface area (Å²) in [6.45, 7) is 8.82. The van der Waals surface area contributed by atoms with Gasteiger partial charge in [0.1, 0.15) is 0 Å². The number of carbonyl (C=O) groups is 1. The highest BCUT2D eigenvalue weighted by Gasteiger charge is 2.15. The molecule has 3 N–H and O–H groups in total. The van der Waals surface area contributed by atoms with E-state index >= 15 is 0 Å². The summed E-state index contributed by atoms with van der Waals surface area (Å²) in [5.41, 5.74) is 8.95. The van der Waals surface area contributed by atoms with Crippen LogP contribution in [0.25, 0.3) is 0 Å². The first-order valence-corrected chi connectivity index (χ1v) is 8.84. The summed E-state index contributed by atoms with van der Waals surface area (Å²) in [6, 6.07) is 15.1. The highest BCUT2D eigenvalue weighted by Crippen LogP contribution is 2.15. The lowest BCUT2D eigenvalue weighted by atomic mass is 10.1. The molecule has 3 rings (SSSR count). The molecule has 0 saturated carbocycles. The van der Waals surface area contributed by atoms with Gasteiger partial charge < -0.3 is 16.0 Å². The molecule has 0 bridgehead atoms. The molecule has 5 heteroatoms. The second-order valence-corrected chi connectivity index (χ2v) is 6.49. The van der Waals surface area contributed by atoms with Crippen LogP contribution in [0.15, 0.2) is 48.5 Å². The number of nitrogens with one attached hydrogen (secondary N) is 1. The highest BCUT2D eigenvalue weighted by molar-refractivity contribution is 6.04. The van der Waals surface area contributed by atoms with Gasteiger partial charge in [0.25, 0.3) is 5.91 Å². The maximum atomic E-state index is 12.2. The predicted molar refractivity (Wildman–Crippen MR) is 103 cm³/mol. The molecule has 0 aliphatic carbocycles. The molecule has 0 aromatic heterocycles. The fraction of sp³-hybridized carbons (Fsp3) is 0.350. The van der Waals surface area contributed by atoms with Crippen molar-refractivity contribution in [1.82, 2.24) is 9.80 Å². The number of hydrogen-bond acceptors (Lipinski definition) is 4. The summed E-state index contributed by atoms with van der Waals surface area (Å²) in [5, 5.41) is 2.91. The molecule has 5 nitrogen and oxygen atoms in total. The first-order valence-electron chi connectivity index (χ1n) is 8.84. The number of amides is 1. The molecule has 2 aromatic rings. The minimum Gasteiger partial charge on any atom is -0.399 e. The van der Waals surface area contributed by atoms with E-state index in [2.05, 4.69) is 34.2 Å². The first-order chi connectivity index (χ1) is 12.1. The third-order valence-corrected chi connectivity index (χ3v) is 4.68. The molecular weight excluding hydrogens is 312 g/mol. The lowest BCUT2D eigenvalue weighted by Crippen LogP contribution is -2.45. The summed E-state index contributed by atoms with van der Waals surface area (Å²) >= 11 is 0. The molecule has 1 aliphatic heterocycles. The maximum Gasteiger partial charge on any atom is 0.255 e. The quantitative estimate of drug-likeness (QED) is 0.823. The van der Waals surface area contributed by atoms with E-state index < -0.39 is 0 Å². The first kappa shape index (κ1) is 17.5. The maximum absolute atomic E-state index is 12.2. The van der Waals surface area contributed by atoms with Crippen LogP contribution in [0.4, 0.5) is 11.4 Å². The van der Waals surface area contributed by atoms with Crippen molar-refractivity contribution in [1.29, 1.82) is 0 Å². The number of piperazine rings is 1. The fourth-order valence-corrected chi connectivity index (χ4v) is 3.10. The summed E-state index contributed by atoms with van der Waals surface area (Å²) < 4.78 is 0. The topological polar surface area (TPSA) is 61.6 Å². The fourth-order valence-electron chi connectivity index (χ4n) is 3.10. The van der Waals surface area contributed by atoms with Gasteiger partial charge in [-0.2, -0.15) is 0 Å². The molecule has 1 aliphatic rings. The van der Waals surface area contributed by atoms with Gasteiger partial charge in [0, 0.05) is 49.7 Å². The van der Waals surface area contributed by atoms with E-state index in [9.17, 15) is 4.79 Å². The number of rotatable bonds is 5. The molecule has 0 unspecified atom stereocenters. The minimum absolute atomic E-state index is 0.143. The van der Waals surface area contributed by atoms with Crippen LogP contribution in [-0.4, -0.2) is 48.4 Å². The number of likely N-dealkylation sites (N-methyl/N-ethyl adjacent to an activating group) is 1. The van der Waals surface area contributed by atoms with Crippen molar-refractivity contribution in [2.75, 3.05) is 43.8 Å². The van der Waals surface area contributed by atoms with Crippen LogP contribution in [0.5, 0.6) is 0 Å². The Bertz CT molecular complexity index is 706. The van der Waals surface area contributed by atoms with Crippen LogP contribution >= 0.6 is 0 Å². The Hall–Kier alpha value is -2.37. The highest BCUT2D eigenvalue weighted by atomic mass is 16.1. The van der Waals surface area contributed by atoms with Gasteiger partial charge in [0.05, 0.1) is 0 Å². The SMILES string of the molecule is CCN1CCN(Cc2ccc(NC(=O)c3cccc(N)c3)cc2)CC1. The van der Waals surface area contributed by atoms with Crippen LogP contribution in [-0.2, 0) is 6.54 Å². The minimum atomic E-state index is -0.143. The molecule has 1 saturated heterocycles. The molecule has 1 fully saturated rings. The average Bonchev–Trinajstić information content (AvgIpc) is 2.64. The Morgan fingerprint density at radius 1 is 1.04 bits per heavy atom. The van der Waals surface area contributed by atoms with Gasteiger partial charge in [0.15, 0.2) is 0 Å². The van der Waals surface area contributed by atoms with E-state index in [4.69, 9.17) is 5.73 Å². The van der Waals surface area contributed by atoms with Crippen LogP contribution in [0.2, 0.25) is 0 Å². The molecule has 0 atom stereocenters. The van der Waals surface area contributed by atoms with Crippen LogP contribution in [0.3, 0.4) is 0 Å². The number of nitrogen functional groups attached to an aromatic ring is 1. The number of nitrogens with two attached hydrogens (primary N) is 1. The number of nitrogens with zero attached hydrogens (tertiary/aromatic N) is 2. The van der Waals surface area contributed by atoms with E-state index in [1.54, 1.807) is 24.3 Å². The Labute approximate surface area is 149 Å². The third-order valence-electron chi connectivity index (χ3n) is 4.68. The van der Waals surface area contributed by atoms with Crippen molar-refractivity contribution in [3.63, 3.8) is 0 Å².